The third-order valence-corrected chi connectivity index (χ3v) is 4.77. The Labute approximate surface area is 137 Å². The number of hydrogen-bond acceptors (Lipinski definition) is 2. The Morgan fingerprint density at radius 2 is 1.57 bits per heavy atom. The molecule has 1 fully saturated rings. The van der Waals surface area contributed by atoms with Gasteiger partial charge in [0.2, 0.25) is 5.95 Å². The lowest BCUT2D eigenvalue weighted by Crippen LogP contribution is -2.12. The summed E-state index contributed by atoms with van der Waals surface area (Å²) in [4.78, 5) is 3.79. The van der Waals surface area contributed by atoms with Crippen molar-refractivity contribution in [3.63, 3.8) is 0 Å². The van der Waals surface area contributed by atoms with Crippen LogP contribution in [-0.4, -0.2) is 11.6 Å². The van der Waals surface area contributed by atoms with Crippen LogP contribution in [0.15, 0.2) is 42.6 Å². The van der Waals surface area contributed by atoms with Crippen LogP contribution in [0.1, 0.15) is 62.0 Å². The molecule has 1 aliphatic rings. The van der Waals surface area contributed by atoms with Crippen LogP contribution in [0.2, 0.25) is 0 Å². The summed E-state index contributed by atoms with van der Waals surface area (Å²) < 4.78 is 18.6. The minimum atomic E-state index is -0.396. The number of hydrogen-bond donors (Lipinski definition) is 0. The summed E-state index contributed by atoms with van der Waals surface area (Å²) >= 11 is 0. The van der Waals surface area contributed by atoms with E-state index in [1.54, 1.807) is 6.20 Å². The molecule has 3 rings (SSSR count). The van der Waals surface area contributed by atoms with Crippen molar-refractivity contribution in [3.05, 3.63) is 59.7 Å². The van der Waals surface area contributed by atoms with Crippen LogP contribution >= 0.6 is 0 Å². The van der Waals surface area contributed by atoms with E-state index < -0.39 is 5.95 Å². The smallest absolute Gasteiger partial charge is 0.212 e. The summed E-state index contributed by atoms with van der Waals surface area (Å²) in [5, 5.41) is 0. The van der Waals surface area contributed by atoms with Crippen molar-refractivity contribution in [1.82, 2.24) is 4.98 Å². The van der Waals surface area contributed by atoms with Gasteiger partial charge in [-0.25, -0.2) is 4.98 Å². The van der Waals surface area contributed by atoms with Crippen molar-refractivity contribution in [2.75, 3.05) is 6.61 Å². The second kappa shape index (κ2) is 7.58. The summed E-state index contributed by atoms with van der Waals surface area (Å²) in [6.45, 7) is 2.89. The predicted octanol–water partition coefficient (Wildman–Crippen LogP) is 5.45. The van der Waals surface area contributed by atoms with Gasteiger partial charge in [-0.15, -0.1) is 0 Å². The topological polar surface area (TPSA) is 22.1 Å². The van der Waals surface area contributed by atoms with Gasteiger partial charge in [-0.3, -0.25) is 0 Å². The Kier molecular flexibility index (Phi) is 5.27. The van der Waals surface area contributed by atoms with Crippen molar-refractivity contribution in [1.29, 1.82) is 0 Å². The van der Waals surface area contributed by atoms with Gasteiger partial charge in [0, 0.05) is 6.20 Å². The fourth-order valence-electron chi connectivity index (χ4n) is 3.44. The van der Waals surface area contributed by atoms with Crippen LogP contribution in [0, 0.1) is 5.95 Å². The van der Waals surface area contributed by atoms with Crippen LogP contribution in [-0.2, 0) is 0 Å². The first-order valence-electron chi connectivity index (χ1n) is 8.60. The molecule has 1 aromatic heterocycles. The molecule has 122 valence electrons. The maximum atomic E-state index is 12.9. The highest BCUT2D eigenvalue weighted by atomic mass is 19.1. The van der Waals surface area contributed by atoms with E-state index in [2.05, 4.69) is 36.2 Å². The number of nitrogens with zero attached hydrogens (tertiary/aromatic N) is 1. The van der Waals surface area contributed by atoms with E-state index in [1.165, 1.54) is 30.0 Å². The minimum Gasteiger partial charge on any atom is -0.494 e. The molecule has 1 heterocycles. The van der Waals surface area contributed by atoms with Gasteiger partial charge >= 0.3 is 0 Å². The zero-order valence-electron chi connectivity index (χ0n) is 13.7. The van der Waals surface area contributed by atoms with Crippen LogP contribution in [0.5, 0.6) is 5.75 Å². The van der Waals surface area contributed by atoms with Gasteiger partial charge in [-0.2, -0.15) is 4.39 Å². The van der Waals surface area contributed by atoms with Gasteiger partial charge in [-0.1, -0.05) is 25.1 Å². The zero-order valence-corrected chi connectivity index (χ0v) is 13.7. The molecule has 1 aromatic carbocycles. The Morgan fingerprint density at radius 3 is 2.13 bits per heavy atom. The lowest BCUT2D eigenvalue weighted by molar-refractivity contribution is 0.317. The predicted molar refractivity (Wildman–Crippen MR) is 90.4 cm³/mol. The summed E-state index contributed by atoms with van der Waals surface area (Å²) in [6.07, 6.45) is 7.37. The average molecular weight is 313 g/mol. The summed E-state index contributed by atoms with van der Waals surface area (Å²) in [5.41, 5.74) is 2.58. The molecule has 2 aromatic rings. The Hall–Kier alpha value is -1.90. The first-order chi connectivity index (χ1) is 11.3. The van der Waals surface area contributed by atoms with Crippen LogP contribution in [0.4, 0.5) is 4.39 Å². The van der Waals surface area contributed by atoms with Gasteiger partial charge in [0.1, 0.15) is 5.75 Å². The molecule has 1 aliphatic carbocycles. The first-order valence-corrected chi connectivity index (χ1v) is 8.60. The fourth-order valence-corrected chi connectivity index (χ4v) is 3.44. The second-order valence-corrected chi connectivity index (χ2v) is 6.38. The van der Waals surface area contributed by atoms with Gasteiger partial charge in [0.05, 0.1) is 6.61 Å². The van der Waals surface area contributed by atoms with Crippen molar-refractivity contribution in [2.45, 2.75) is 50.9 Å². The average Bonchev–Trinajstić information content (AvgIpc) is 2.61. The maximum absolute atomic E-state index is 12.9. The lowest BCUT2D eigenvalue weighted by Gasteiger charge is -2.29. The van der Waals surface area contributed by atoms with Crippen molar-refractivity contribution in [2.24, 2.45) is 0 Å². The number of benzene rings is 1. The Morgan fingerprint density at radius 1 is 0.957 bits per heavy atom. The lowest BCUT2D eigenvalue weighted by atomic mass is 9.76. The number of aromatic nitrogens is 1. The van der Waals surface area contributed by atoms with E-state index >= 15 is 0 Å². The van der Waals surface area contributed by atoms with Crippen LogP contribution < -0.4 is 4.74 Å². The van der Waals surface area contributed by atoms with E-state index in [4.69, 9.17) is 4.74 Å². The minimum absolute atomic E-state index is 0.396. The normalized spacial score (nSPS) is 21.1. The summed E-state index contributed by atoms with van der Waals surface area (Å²) in [5.74, 6) is 1.71. The molecule has 0 N–H and O–H groups in total. The highest BCUT2D eigenvalue weighted by Gasteiger charge is 2.23. The molecular weight excluding hydrogens is 289 g/mol. The second-order valence-electron chi connectivity index (χ2n) is 6.38. The Balaban J connectivity index is 1.57. The van der Waals surface area contributed by atoms with Gasteiger partial charge in [0.15, 0.2) is 0 Å². The number of ether oxygens (including phenoxy) is 1. The maximum Gasteiger partial charge on any atom is 0.212 e. The van der Waals surface area contributed by atoms with Crippen molar-refractivity contribution >= 4 is 0 Å². The van der Waals surface area contributed by atoms with Gasteiger partial charge in [0.25, 0.3) is 0 Å². The van der Waals surface area contributed by atoms with Crippen molar-refractivity contribution in [3.8, 4) is 5.75 Å². The molecule has 0 atom stereocenters. The summed E-state index contributed by atoms with van der Waals surface area (Å²) in [6, 6.07) is 11.9. The molecule has 0 unspecified atom stereocenters. The molecule has 0 bridgehead atoms. The van der Waals surface area contributed by atoms with Crippen LogP contribution in [0.3, 0.4) is 0 Å². The highest BCUT2D eigenvalue weighted by Crippen LogP contribution is 2.40. The fraction of sp³-hybridized carbons (Fsp3) is 0.450. The van der Waals surface area contributed by atoms with Crippen molar-refractivity contribution < 1.29 is 9.13 Å². The van der Waals surface area contributed by atoms with Gasteiger partial charge in [-0.05, 0) is 73.3 Å². The number of halogens is 1. The molecule has 1 saturated carbocycles. The Bertz CT molecular complexity index is 601. The van der Waals surface area contributed by atoms with E-state index in [9.17, 15) is 4.39 Å². The molecule has 0 radical (unpaired) electrons. The van der Waals surface area contributed by atoms with E-state index in [1.807, 2.05) is 6.07 Å². The molecule has 0 saturated heterocycles. The number of rotatable bonds is 5. The third kappa shape index (κ3) is 4.10. The SMILES string of the molecule is CCCOc1ccc([C@H]2CC[C@H](c3ccc(F)nc3)CC2)cc1. The third-order valence-electron chi connectivity index (χ3n) is 4.77. The van der Waals surface area contributed by atoms with E-state index in [0.29, 0.717) is 11.8 Å². The largest absolute Gasteiger partial charge is 0.494 e. The molecule has 0 aliphatic heterocycles. The molecule has 3 heteroatoms. The number of pyridine rings is 1. The van der Waals surface area contributed by atoms with Crippen LogP contribution in [0.25, 0.3) is 0 Å². The standard InChI is InChI=1S/C20H24FNO/c1-2-13-23-19-10-7-16(8-11-19)15-3-5-17(6-4-15)18-9-12-20(21)22-14-18/h7-12,14-15,17H,2-6,13H2,1H3/t15-,17-. The molecule has 0 spiro atoms. The molecule has 2 nitrogen and oxygen atoms in total. The van der Waals surface area contributed by atoms with Gasteiger partial charge < -0.3 is 4.74 Å². The zero-order chi connectivity index (χ0) is 16.1. The molecule has 0 amide bonds. The quantitative estimate of drug-likeness (QED) is 0.685. The molecular formula is C20H24FNO. The molecule has 23 heavy (non-hydrogen) atoms. The first kappa shape index (κ1) is 16.0. The van der Waals surface area contributed by atoms with E-state index in [-0.39, 0.29) is 0 Å². The highest BCUT2D eigenvalue weighted by molar-refractivity contribution is 5.30. The monoisotopic (exact) mass is 313 g/mol. The van der Waals surface area contributed by atoms with E-state index in [0.717, 1.165) is 31.6 Å². The summed E-state index contributed by atoms with van der Waals surface area (Å²) in [7, 11) is 0.